The monoisotopic (exact) mass is 414 g/mol. The molecule has 2 heterocycles. The Balaban J connectivity index is 1.32. The van der Waals surface area contributed by atoms with Crippen molar-refractivity contribution < 1.29 is 13.6 Å². The van der Waals surface area contributed by atoms with E-state index in [1.54, 1.807) is 6.07 Å². The highest BCUT2D eigenvalue weighted by Crippen LogP contribution is 2.25. The Morgan fingerprint density at radius 2 is 1.79 bits per heavy atom. The second-order valence-corrected chi connectivity index (χ2v) is 7.18. The Hall–Kier alpha value is -2.84. The highest BCUT2D eigenvalue weighted by molar-refractivity contribution is 7.98. The summed E-state index contributed by atoms with van der Waals surface area (Å²) in [6, 6.07) is 15.0. The molecule has 0 radical (unpaired) electrons. The minimum absolute atomic E-state index is 0.175. The van der Waals surface area contributed by atoms with E-state index in [1.807, 2.05) is 49.4 Å². The van der Waals surface area contributed by atoms with Crippen LogP contribution < -0.4 is 4.74 Å². The number of hydrogen-bond acceptors (Lipinski definition) is 8. The molecule has 7 nitrogen and oxygen atoms in total. The Morgan fingerprint density at radius 3 is 2.61 bits per heavy atom. The van der Waals surface area contributed by atoms with E-state index in [4.69, 9.17) is 25.2 Å². The number of ether oxygens (including phenoxy) is 1. The second-order valence-electron chi connectivity index (χ2n) is 5.82. The predicted molar refractivity (Wildman–Crippen MR) is 104 cm³/mol. The Morgan fingerprint density at radius 1 is 0.964 bits per heavy atom. The number of aryl methyl sites for hydroxylation is 1. The fraction of sp³-hybridized carbons (Fsp3) is 0.158. The molecule has 0 aliphatic rings. The smallest absolute Gasteiger partial charge is 0.277 e. The fourth-order valence-corrected chi connectivity index (χ4v) is 3.25. The molecule has 0 aliphatic heterocycles. The van der Waals surface area contributed by atoms with Crippen molar-refractivity contribution in [2.45, 2.75) is 24.5 Å². The van der Waals surface area contributed by atoms with Gasteiger partial charge in [0, 0.05) is 10.6 Å². The minimum Gasteiger partial charge on any atom is -0.484 e. The van der Waals surface area contributed by atoms with Crippen molar-refractivity contribution in [1.29, 1.82) is 0 Å². The first-order valence-electron chi connectivity index (χ1n) is 8.39. The van der Waals surface area contributed by atoms with Crippen molar-refractivity contribution in [3.8, 4) is 17.2 Å². The number of benzene rings is 2. The van der Waals surface area contributed by atoms with E-state index in [9.17, 15) is 0 Å². The first-order chi connectivity index (χ1) is 13.7. The average Bonchev–Trinajstić information content (AvgIpc) is 3.36. The van der Waals surface area contributed by atoms with Crippen molar-refractivity contribution in [1.82, 2.24) is 20.4 Å². The van der Waals surface area contributed by atoms with Gasteiger partial charge in [-0.15, -0.1) is 20.4 Å². The molecule has 0 bridgehead atoms. The minimum atomic E-state index is 0.175. The molecule has 0 spiro atoms. The van der Waals surface area contributed by atoms with Crippen LogP contribution in [-0.4, -0.2) is 20.4 Å². The molecule has 2 aromatic heterocycles. The molecule has 28 heavy (non-hydrogen) atoms. The SMILES string of the molecule is Cc1cc(Cl)ccc1OCc1nnc(SCc2nnc(-c3ccccc3)o2)o1. The second kappa shape index (κ2) is 8.45. The van der Waals surface area contributed by atoms with Crippen LogP contribution >= 0.6 is 23.4 Å². The topological polar surface area (TPSA) is 87.1 Å². The normalized spacial score (nSPS) is 10.9. The van der Waals surface area contributed by atoms with E-state index >= 15 is 0 Å². The molecule has 0 unspecified atom stereocenters. The molecule has 0 saturated carbocycles. The lowest BCUT2D eigenvalue weighted by Crippen LogP contribution is -1.97. The average molecular weight is 415 g/mol. The zero-order chi connectivity index (χ0) is 19.3. The number of halogens is 1. The Labute approximate surface area is 170 Å². The van der Waals surface area contributed by atoms with Gasteiger partial charge in [-0.1, -0.05) is 41.6 Å². The van der Waals surface area contributed by atoms with Crippen LogP contribution in [0, 0.1) is 6.92 Å². The van der Waals surface area contributed by atoms with Crippen molar-refractivity contribution >= 4 is 23.4 Å². The maximum Gasteiger partial charge on any atom is 0.277 e. The summed E-state index contributed by atoms with van der Waals surface area (Å²) < 4.78 is 16.9. The molecular weight excluding hydrogens is 400 g/mol. The molecule has 4 aromatic rings. The van der Waals surface area contributed by atoms with Crippen molar-refractivity contribution in [2.24, 2.45) is 0 Å². The Bertz CT molecular complexity index is 1070. The summed E-state index contributed by atoms with van der Waals surface area (Å²) in [5.74, 6) is 2.49. The summed E-state index contributed by atoms with van der Waals surface area (Å²) in [5.41, 5.74) is 1.81. The van der Waals surface area contributed by atoms with Crippen LogP contribution in [0.25, 0.3) is 11.5 Å². The molecule has 0 fully saturated rings. The molecule has 142 valence electrons. The first kappa shape index (κ1) is 18.5. The van der Waals surface area contributed by atoms with Crippen LogP contribution in [0.3, 0.4) is 0 Å². The zero-order valence-corrected chi connectivity index (χ0v) is 16.4. The summed E-state index contributed by atoms with van der Waals surface area (Å²) in [6.45, 7) is 2.10. The lowest BCUT2D eigenvalue weighted by molar-refractivity contribution is 0.250. The van der Waals surface area contributed by atoms with Gasteiger partial charge in [0.05, 0.1) is 5.75 Å². The molecular formula is C19H15ClN4O3S. The number of aromatic nitrogens is 4. The van der Waals surface area contributed by atoms with Crippen LogP contribution in [0.4, 0.5) is 0 Å². The van der Waals surface area contributed by atoms with E-state index in [-0.39, 0.29) is 6.61 Å². The van der Waals surface area contributed by atoms with Crippen LogP contribution in [-0.2, 0) is 12.4 Å². The maximum atomic E-state index is 5.94. The van der Waals surface area contributed by atoms with E-state index in [0.29, 0.717) is 33.7 Å². The van der Waals surface area contributed by atoms with E-state index < -0.39 is 0 Å². The predicted octanol–water partition coefficient (Wildman–Crippen LogP) is 4.95. The van der Waals surface area contributed by atoms with Gasteiger partial charge in [0.1, 0.15) is 5.75 Å². The quantitative estimate of drug-likeness (QED) is 0.392. The zero-order valence-electron chi connectivity index (χ0n) is 14.8. The lowest BCUT2D eigenvalue weighted by Gasteiger charge is -2.06. The molecule has 0 saturated heterocycles. The van der Waals surface area contributed by atoms with Gasteiger partial charge < -0.3 is 13.6 Å². The number of rotatable bonds is 7. The fourth-order valence-electron chi connectivity index (χ4n) is 2.40. The van der Waals surface area contributed by atoms with Gasteiger partial charge in [-0.3, -0.25) is 0 Å². The molecule has 2 aromatic carbocycles. The standard InChI is InChI=1S/C19H15ClN4O3S/c1-12-9-14(20)7-8-15(12)25-10-16-21-24-19(27-16)28-11-17-22-23-18(26-17)13-5-3-2-4-6-13/h2-9H,10-11H2,1H3. The molecule has 0 aliphatic carbocycles. The largest absolute Gasteiger partial charge is 0.484 e. The molecule has 9 heteroatoms. The molecule has 0 N–H and O–H groups in total. The van der Waals surface area contributed by atoms with Gasteiger partial charge in [-0.05, 0) is 42.8 Å². The maximum absolute atomic E-state index is 5.94. The third-order valence-electron chi connectivity index (χ3n) is 3.74. The number of nitrogens with zero attached hydrogens (tertiary/aromatic N) is 4. The van der Waals surface area contributed by atoms with Crippen LogP contribution in [0.5, 0.6) is 5.75 Å². The molecule has 0 atom stereocenters. The van der Waals surface area contributed by atoms with Crippen LogP contribution in [0.2, 0.25) is 5.02 Å². The van der Waals surface area contributed by atoms with Crippen molar-refractivity contribution in [3.05, 3.63) is 70.9 Å². The van der Waals surface area contributed by atoms with Gasteiger partial charge >= 0.3 is 0 Å². The summed E-state index contributed by atoms with van der Waals surface area (Å²) in [5, 5.41) is 17.2. The summed E-state index contributed by atoms with van der Waals surface area (Å²) in [6.07, 6.45) is 0. The number of hydrogen-bond donors (Lipinski definition) is 0. The van der Waals surface area contributed by atoms with Crippen LogP contribution in [0.15, 0.2) is 62.6 Å². The Kier molecular flexibility index (Phi) is 5.59. The van der Waals surface area contributed by atoms with Gasteiger partial charge in [0.2, 0.25) is 11.8 Å². The van der Waals surface area contributed by atoms with Crippen LogP contribution in [0.1, 0.15) is 17.3 Å². The van der Waals surface area contributed by atoms with Gasteiger partial charge in [-0.25, -0.2) is 0 Å². The van der Waals surface area contributed by atoms with Gasteiger partial charge in [0.15, 0.2) is 6.61 Å². The highest BCUT2D eigenvalue weighted by Gasteiger charge is 2.12. The summed E-state index contributed by atoms with van der Waals surface area (Å²) in [4.78, 5) is 0. The third-order valence-corrected chi connectivity index (χ3v) is 4.78. The highest BCUT2D eigenvalue weighted by atomic mass is 35.5. The van der Waals surface area contributed by atoms with Gasteiger partial charge in [-0.2, -0.15) is 0 Å². The first-order valence-corrected chi connectivity index (χ1v) is 9.75. The summed E-state index contributed by atoms with van der Waals surface area (Å²) in [7, 11) is 0. The van der Waals surface area contributed by atoms with E-state index in [0.717, 1.165) is 16.9 Å². The van der Waals surface area contributed by atoms with Crippen molar-refractivity contribution in [2.75, 3.05) is 0 Å². The van der Waals surface area contributed by atoms with E-state index in [2.05, 4.69) is 20.4 Å². The molecule has 0 amide bonds. The molecule has 4 rings (SSSR count). The van der Waals surface area contributed by atoms with Crippen molar-refractivity contribution in [3.63, 3.8) is 0 Å². The number of thioether (sulfide) groups is 1. The third kappa shape index (κ3) is 4.52. The van der Waals surface area contributed by atoms with E-state index in [1.165, 1.54) is 11.8 Å². The summed E-state index contributed by atoms with van der Waals surface area (Å²) >= 11 is 7.26. The van der Waals surface area contributed by atoms with Gasteiger partial charge in [0.25, 0.3) is 11.1 Å². The lowest BCUT2D eigenvalue weighted by atomic mass is 10.2.